The zero-order valence-electron chi connectivity index (χ0n) is 7.21. The molecule has 1 nitrogen and oxygen atoms in total. The summed E-state index contributed by atoms with van der Waals surface area (Å²) in [6.07, 6.45) is 1.74. The van der Waals surface area contributed by atoms with E-state index in [0.29, 0.717) is 0 Å². The summed E-state index contributed by atoms with van der Waals surface area (Å²) in [5.41, 5.74) is 7.18. The lowest BCUT2D eigenvalue weighted by Gasteiger charge is -2.04. The highest BCUT2D eigenvalue weighted by Gasteiger charge is 2.01. The van der Waals surface area contributed by atoms with Crippen molar-refractivity contribution in [2.75, 3.05) is 0 Å². The van der Waals surface area contributed by atoms with Crippen LogP contribution in [0.15, 0.2) is 16.8 Å². The van der Waals surface area contributed by atoms with Crippen molar-refractivity contribution in [3.63, 3.8) is 0 Å². The van der Waals surface area contributed by atoms with Gasteiger partial charge in [0, 0.05) is 12.5 Å². The normalized spacial score (nSPS) is 11.8. The minimum Gasteiger partial charge on any atom is -0.327 e. The molecular formula is C10H13NS. The Kier molecular flexibility index (Phi) is 3.86. The van der Waals surface area contributed by atoms with Gasteiger partial charge in [0.25, 0.3) is 0 Å². The van der Waals surface area contributed by atoms with E-state index < -0.39 is 0 Å². The average Bonchev–Trinajstić information content (AvgIpc) is 2.53. The summed E-state index contributed by atoms with van der Waals surface area (Å²) in [4.78, 5) is 0. The molecule has 0 aliphatic rings. The summed E-state index contributed by atoms with van der Waals surface area (Å²) in [6.45, 7) is 1.84. The predicted molar refractivity (Wildman–Crippen MR) is 54.1 cm³/mol. The van der Waals surface area contributed by atoms with Crippen LogP contribution in [0.3, 0.4) is 0 Å². The Labute approximate surface area is 77.6 Å². The Bertz CT molecular complexity index is 266. The van der Waals surface area contributed by atoms with Crippen molar-refractivity contribution in [3.8, 4) is 11.8 Å². The molecule has 0 aliphatic heterocycles. The Morgan fingerprint density at radius 1 is 1.67 bits per heavy atom. The molecule has 2 heteroatoms. The molecule has 1 unspecified atom stereocenters. The van der Waals surface area contributed by atoms with Crippen LogP contribution in [0.2, 0.25) is 0 Å². The second-order valence-electron chi connectivity index (χ2n) is 2.73. The average molecular weight is 179 g/mol. The summed E-state index contributed by atoms with van der Waals surface area (Å²) in [6, 6.07) is 2.30. The molecule has 64 valence electrons. The van der Waals surface area contributed by atoms with E-state index in [4.69, 9.17) is 5.73 Å². The second kappa shape index (κ2) is 4.97. The molecular weight excluding hydrogens is 166 g/mol. The Morgan fingerprint density at radius 2 is 2.50 bits per heavy atom. The van der Waals surface area contributed by atoms with Crippen molar-refractivity contribution in [1.29, 1.82) is 0 Å². The number of hydrogen-bond donors (Lipinski definition) is 1. The van der Waals surface area contributed by atoms with Crippen molar-refractivity contribution in [3.05, 3.63) is 22.4 Å². The van der Waals surface area contributed by atoms with Crippen molar-refractivity contribution in [2.45, 2.75) is 25.8 Å². The van der Waals surface area contributed by atoms with Crippen molar-refractivity contribution >= 4 is 11.3 Å². The quantitative estimate of drug-likeness (QED) is 0.706. The molecule has 0 saturated carbocycles. The molecule has 12 heavy (non-hydrogen) atoms. The van der Waals surface area contributed by atoms with Gasteiger partial charge in [-0.3, -0.25) is 0 Å². The molecule has 0 spiro atoms. The third kappa shape index (κ3) is 3.08. The minimum absolute atomic E-state index is 0.187. The smallest absolute Gasteiger partial charge is 0.0244 e. The summed E-state index contributed by atoms with van der Waals surface area (Å²) < 4.78 is 0. The minimum atomic E-state index is 0.187. The maximum atomic E-state index is 5.85. The molecule has 2 N–H and O–H groups in total. The molecule has 0 amide bonds. The van der Waals surface area contributed by atoms with Gasteiger partial charge in [0.05, 0.1) is 0 Å². The third-order valence-electron chi connectivity index (χ3n) is 1.62. The molecule has 0 aliphatic carbocycles. The van der Waals surface area contributed by atoms with Gasteiger partial charge in [-0.15, -0.1) is 11.8 Å². The summed E-state index contributed by atoms with van der Waals surface area (Å²) in [5, 5.41) is 4.22. The van der Waals surface area contributed by atoms with Gasteiger partial charge in [-0.25, -0.2) is 0 Å². The summed E-state index contributed by atoms with van der Waals surface area (Å²) >= 11 is 1.71. The van der Waals surface area contributed by atoms with Crippen molar-refractivity contribution in [1.82, 2.24) is 0 Å². The molecule has 0 bridgehead atoms. The van der Waals surface area contributed by atoms with E-state index in [0.717, 1.165) is 12.8 Å². The first kappa shape index (κ1) is 9.31. The first-order valence-electron chi connectivity index (χ1n) is 3.99. The lowest BCUT2D eigenvalue weighted by atomic mass is 10.1. The third-order valence-corrected chi connectivity index (χ3v) is 2.35. The zero-order chi connectivity index (χ0) is 8.81. The maximum Gasteiger partial charge on any atom is 0.0244 e. The SMILES string of the molecule is CC#CCC(N)Cc1ccsc1. The van der Waals surface area contributed by atoms with Crippen molar-refractivity contribution < 1.29 is 0 Å². The van der Waals surface area contributed by atoms with Crippen LogP contribution in [-0.2, 0) is 6.42 Å². The first-order chi connectivity index (χ1) is 5.83. The van der Waals surface area contributed by atoms with Crippen LogP contribution in [0.4, 0.5) is 0 Å². The van der Waals surface area contributed by atoms with Crippen molar-refractivity contribution in [2.24, 2.45) is 5.73 Å². The Balaban J connectivity index is 2.35. The largest absolute Gasteiger partial charge is 0.327 e. The van der Waals surface area contributed by atoms with E-state index in [1.165, 1.54) is 5.56 Å². The Hall–Kier alpha value is -0.780. The second-order valence-corrected chi connectivity index (χ2v) is 3.51. The van der Waals surface area contributed by atoms with Gasteiger partial charge in [-0.05, 0) is 35.7 Å². The van der Waals surface area contributed by atoms with E-state index in [-0.39, 0.29) is 6.04 Å². The van der Waals surface area contributed by atoms with Gasteiger partial charge in [0.2, 0.25) is 0 Å². The molecule has 1 aromatic heterocycles. The number of hydrogen-bond acceptors (Lipinski definition) is 2. The first-order valence-corrected chi connectivity index (χ1v) is 4.93. The highest BCUT2D eigenvalue weighted by molar-refractivity contribution is 7.07. The van der Waals surface area contributed by atoms with Crippen LogP contribution < -0.4 is 5.73 Å². The summed E-state index contributed by atoms with van der Waals surface area (Å²) in [7, 11) is 0. The lowest BCUT2D eigenvalue weighted by Crippen LogP contribution is -2.21. The molecule has 1 rings (SSSR count). The van der Waals surface area contributed by atoms with E-state index >= 15 is 0 Å². The van der Waals surface area contributed by atoms with Crippen LogP contribution in [-0.4, -0.2) is 6.04 Å². The fraction of sp³-hybridized carbons (Fsp3) is 0.400. The maximum absolute atomic E-state index is 5.85. The molecule has 1 atom stereocenters. The highest BCUT2D eigenvalue weighted by Crippen LogP contribution is 2.08. The Morgan fingerprint density at radius 3 is 3.08 bits per heavy atom. The van der Waals surface area contributed by atoms with Gasteiger partial charge in [0.15, 0.2) is 0 Å². The molecule has 0 aromatic carbocycles. The van der Waals surface area contributed by atoms with Crippen LogP contribution in [0.5, 0.6) is 0 Å². The zero-order valence-corrected chi connectivity index (χ0v) is 8.03. The van der Waals surface area contributed by atoms with E-state index in [1.54, 1.807) is 11.3 Å². The standard InChI is InChI=1S/C10H13NS/c1-2-3-4-10(11)7-9-5-6-12-8-9/h5-6,8,10H,4,7,11H2,1H3. The van der Waals surface area contributed by atoms with Gasteiger partial charge in [0.1, 0.15) is 0 Å². The molecule has 1 heterocycles. The molecule has 1 aromatic rings. The van der Waals surface area contributed by atoms with Crippen LogP contribution >= 0.6 is 11.3 Å². The topological polar surface area (TPSA) is 26.0 Å². The fourth-order valence-electron chi connectivity index (χ4n) is 1.02. The highest BCUT2D eigenvalue weighted by atomic mass is 32.1. The fourth-order valence-corrected chi connectivity index (χ4v) is 1.70. The summed E-state index contributed by atoms with van der Waals surface area (Å²) in [5.74, 6) is 5.84. The van der Waals surface area contributed by atoms with Gasteiger partial charge in [-0.2, -0.15) is 11.3 Å². The van der Waals surface area contributed by atoms with E-state index in [2.05, 4.69) is 28.7 Å². The predicted octanol–water partition coefficient (Wildman–Crippen LogP) is 2.03. The molecule has 0 radical (unpaired) electrons. The molecule has 0 saturated heterocycles. The van der Waals surface area contributed by atoms with Crippen LogP contribution in [0, 0.1) is 11.8 Å². The number of nitrogens with two attached hydrogens (primary N) is 1. The van der Waals surface area contributed by atoms with Crippen LogP contribution in [0.1, 0.15) is 18.9 Å². The number of thiophene rings is 1. The van der Waals surface area contributed by atoms with Crippen LogP contribution in [0.25, 0.3) is 0 Å². The lowest BCUT2D eigenvalue weighted by molar-refractivity contribution is 0.690. The van der Waals surface area contributed by atoms with Gasteiger partial charge >= 0.3 is 0 Å². The van der Waals surface area contributed by atoms with E-state index in [9.17, 15) is 0 Å². The molecule has 0 fully saturated rings. The number of rotatable bonds is 3. The monoisotopic (exact) mass is 179 g/mol. The van der Waals surface area contributed by atoms with Gasteiger partial charge in [-0.1, -0.05) is 0 Å². The van der Waals surface area contributed by atoms with Gasteiger partial charge < -0.3 is 5.73 Å². The van der Waals surface area contributed by atoms with E-state index in [1.807, 2.05) is 6.92 Å².